The standard InChI is InChI=1S/C10H18O/c1-4-9(3)10-7-8(2)5-6-11-10/h9-10H,2,4-7H2,1,3H3. The molecule has 0 radical (unpaired) electrons. The first-order valence-electron chi connectivity index (χ1n) is 4.52. The second-order valence-corrected chi connectivity index (χ2v) is 3.50. The number of hydrogen-bond donors (Lipinski definition) is 0. The molecule has 2 atom stereocenters. The van der Waals surface area contributed by atoms with E-state index in [1.807, 2.05) is 0 Å². The first-order valence-corrected chi connectivity index (χ1v) is 4.52. The smallest absolute Gasteiger partial charge is 0.0637 e. The Bertz CT molecular complexity index is 140. The van der Waals surface area contributed by atoms with Gasteiger partial charge in [-0.1, -0.05) is 32.4 Å². The van der Waals surface area contributed by atoms with Crippen molar-refractivity contribution in [3.05, 3.63) is 12.2 Å². The van der Waals surface area contributed by atoms with Crippen LogP contribution in [0.2, 0.25) is 0 Å². The maximum Gasteiger partial charge on any atom is 0.0637 e. The Morgan fingerprint density at radius 2 is 2.45 bits per heavy atom. The Balaban J connectivity index is 2.39. The van der Waals surface area contributed by atoms with Crippen LogP contribution in [0.4, 0.5) is 0 Å². The van der Waals surface area contributed by atoms with Crippen LogP contribution in [0.3, 0.4) is 0 Å². The minimum absolute atomic E-state index is 0.446. The first-order chi connectivity index (χ1) is 5.24. The third kappa shape index (κ3) is 2.33. The van der Waals surface area contributed by atoms with Gasteiger partial charge < -0.3 is 4.74 Å². The van der Waals surface area contributed by atoms with Crippen LogP contribution in [-0.4, -0.2) is 12.7 Å². The van der Waals surface area contributed by atoms with E-state index in [0.717, 1.165) is 19.4 Å². The highest BCUT2D eigenvalue weighted by Crippen LogP contribution is 2.24. The molecule has 11 heavy (non-hydrogen) atoms. The lowest BCUT2D eigenvalue weighted by Crippen LogP contribution is -2.26. The van der Waals surface area contributed by atoms with Crippen molar-refractivity contribution >= 4 is 0 Å². The third-order valence-corrected chi connectivity index (χ3v) is 2.56. The van der Waals surface area contributed by atoms with E-state index in [4.69, 9.17) is 4.74 Å². The van der Waals surface area contributed by atoms with Gasteiger partial charge in [-0.2, -0.15) is 0 Å². The Morgan fingerprint density at radius 1 is 1.73 bits per heavy atom. The zero-order valence-electron chi connectivity index (χ0n) is 7.60. The average molecular weight is 154 g/mol. The van der Waals surface area contributed by atoms with Crippen molar-refractivity contribution in [2.45, 2.75) is 39.2 Å². The Hall–Kier alpha value is -0.300. The molecule has 0 spiro atoms. The van der Waals surface area contributed by atoms with Crippen LogP contribution in [-0.2, 0) is 4.74 Å². The number of rotatable bonds is 2. The summed E-state index contributed by atoms with van der Waals surface area (Å²) in [5, 5.41) is 0. The molecular weight excluding hydrogens is 136 g/mol. The van der Waals surface area contributed by atoms with Gasteiger partial charge in [0.05, 0.1) is 12.7 Å². The molecule has 1 saturated heterocycles. The van der Waals surface area contributed by atoms with E-state index in [1.54, 1.807) is 0 Å². The highest BCUT2D eigenvalue weighted by molar-refractivity contribution is 4.99. The van der Waals surface area contributed by atoms with E-state index in [-0.39, 0.29) is 0 Å². The molecule has 1 rings (SSSR count). The maximum atomic E-state index is 5.64. The summed E-state index contributed by atoms with van der Waals surface area (Å²) in [4.78, 5) is 0. The average Bonchev–Trinajstić information content (AvgIpc) is 2.03. The first kappa shape index (κ1) is 8.79. The van der Waals surface area contributed by atoms with E-state index in [0.29, 0.717) is 12.0 Å². The molecule has 0 bridgehead atoms. The van der Waals surface area contributed by atoms with Gasteiger partial charge in [0.2, 0.25) is 0 Å². The molecule has 1 aliphatic heterocycles. The zero-order valence-corrected chi connectivity index (χ0v) is 7.60. The predicted molar refractivity (Wildman–Crippen MR) is 47.6 cm³/mol. The summed E-state index contributed by atoms with van der Waals surface area (Å²) in [6.07, 6.45) is 3.79. The second-order valence-electron chi connectivity index (χ2n) is 3.50. The number of ether oxygens (including phenoxy) is 1. The Labute approximate surface area is 69.4 Å². The van der Waals surface area contributed by atoms with Crippen molar-refractivity contribution in [2.24, 2.45) is 5.92 Å². The van der Waals surface area contributed by atoms with Crippen LogP contribution in [0.5, 0.6) is 0 Å². The van der Waals surface area contributed by atoms with Gasteiger partial charge >= 0.3 is 0 Å². The lowest BCUT2D eigenvalue weighted by Gasteiger charge is -2.28. The van der Waals surface area contributed by atoms with Crippen molar-refractivity contribution in [2.75, 3.05) is 6.61 Å². The molecule has 1 aliphatic rings. The molecule has 1 nitrogen and oxygen atoms in total. The fourth-order valence-corrected chi connectivity index (χ4v) is 1.43. The lowest BCUT2D eigenvalue weighted by atomic mass is 9.93. The van der Waals surface area contributed by atoms with Crippen molar-refractivity contribution in [3.8, 4) is 0 Å². The Morgan fingerprint density at radius 3 is 3.00 bits per heavy atom. The fraction of sp³-hybridized carbons (Fsp3) is 0.800. The summed E-state index contributed by atoms with van der Waals surface area (Å²) in [6.45, 7) is 9.35. The van der Waals surface area contributed by atoms with Gasteiger partial charge in [0.25, 0.3) is 0 Å². The van der Waals surface area contributed by atoms with Gasteiger partial charge in [-0.05, 0) is 18.8 Å². The molecule has 1 fully saturated rings. The van der Waals surface area contributed by atoms with E-state index >= 15 is 0 Å². The maximum absolute atomic E-state index is 5.64. The molecule has 1 heterocycles. The summed E-state index contributed by atoms with van der Waals surface area (Å²) in [5.41, 5.74) is 1.36. The normalized spacial score (nSPS) is 28.5. The zero-order chi connectivity index (χ0) is 8.27. The van der Waals surface area contributed by atoms with Crippen molar-refractivity contribution in [1.29, 1.82) is 0 Å². The van der Waals surface area contributed by atoms with Crippen LogP contribution in [0.1, 0.15) is 33.1 Å². The summed E-state index contributed by atoms with van der Waals surface area (Å²) in [5.74, 6) is 0.687. The molecule has 0 aromatic heterocycles. The third-order valence-electron chi connectivity index (χ3n) is 2.56. The molecule has 64 valence electrons. The summed E-state index contributed by atoms with van der Waals surface area (Å²) < 4.78 is 5.64. The SMILES string of the molecule is C=C1CCOC(C(C)CC)C1. The largest absolute Gasteiger partial charge is 0.377 e. The van der Waals surface area contributed by atoms with Crippen LogP contribution < -0.4 is 0 Å². The van der Waals surface area contributed by atoms with E-state index in [1.165, 1.54) is 12.0 Å². The topological polar surface area (TPSA) is 9.23 Å². The molecule has 2 unspecified atom stereocenters. The lowest BCUT2D eigenvalue weighted by molar-refractivity contribution is 0.000888. The van der Waals surface area contributed by atoms with Gasteiger partial charge in [-0.3, -0.25) is 0 Å². The quantitative estimate of drug-likeness (QED) is 0.556. The highest BCUT2D eigenvalue weighted by Gasteiger charge is 2.20. The summed E-state index contributed by atoms with van der Waals surface area (Å²) >= 11 is 0. The van der Waals surface area contributed by atoms with Crippen LogP contribution >= 0.6 is 0 Å². The molecule has 1 heteroatoms. The fourth-order valence-electron chi connectivity index (χ4n) is 1.43. The van der Waals surface area contributed by atoms with E-state index in [9.17, 15) is 0 Å². The monoisotopic (exact) mass is 154 g/mol. The van der Waals surface area contributed by atoms with E-state index < -0.39 is 0 Å². The minimum Gasteiger partial charge on any atom is -0.377 e. The summed E-state index contributed by atoms with van der Waals surface area (Å²) in [6, 6.07) is 0. The van der Waals surface area contributed by atoms with Crippen molar-refractivity contribution in [3.63, 3.8) is 0 Å². The molecular formula is C10H18O. The van der Waals surface area contributed by atoms with Crippen LogP contribution in [0.15, 0.2) is 12.2 Å². The molecule has 0 amide bonds. The molecule has 0 aliphatic carbocycles. The number of hydrogen-bond acceptors (Lipinski definition) is 1. The molecule has 0 aromatic carbocycles. The predicted octanol–water partition coefficient (Wildman–Crippen LogP) is 2.77. The highest BCUT2D eigenvalue weighted by atomic mass is 16.5. The Kier molecular flexibility index (Phi) is 3.13. The second kappa shape index (κ2) is 3.91. The molecule has 0 saturated carbocycles. The molecule has 0 aromatic rings. The van der Waals surface area contributed by atoms with Gasteiger partial charge in [0.1, 0.15) is 0 Å². The van der Waals surface area contributed by atoms with E-state index in [2.05, 4.69) is 20.4 Å². The van der Waals surface area contributed by atoms with Crippen molar-refractivity contribution in [1.82, 2.24) is 0 Å². The molecule has 0 N–H and O–H groups in total. The minimum atomic E-state index is 0.446. The van der Waals surface area contributed by atoms with Crippen LogP contribution in [0, 0.1) is 5.92 Å². The van der Waals surface area contributed by atoms with Gasteiger partial charge in [-0.25, -0.2) is 0 Å². The van der Waals surface area contributed by atoms with Gasteiger partial charge in [-0.15, -0.1) is 0 Å². The van der Waals surface area contributed by atoms with Crippen molar-refractivity contribution < 1.29 is 4.74 Å². The van der Waals surface area contributed by atoms with Gasteiger partial charge in [0.15, 0.2) is 0 Å². The summed E-state index contributed by atoms with van der Waals surface area (Å²) in [7, 11) is 0. The van der Waals surface area contributed by atoms with Gasteiger partial charge in [0, 0.05) is 0 Å². The van der Waals surface area contributed by atoms with Crippen LogP contribution in [0.25, 0.3) is 0 Å².